The Balaban J connectivity index is 1.48. The number of rotatable bonds is 13. The number of unbranched alkanes of at least 4 members (excludes halogenated alkanes) is 9. The molecule has 0 radical (unpaired) electrons. The van der Waals surface area contributed by atoms with Crippen molar-refractivity contribution in [3.63, 3.8) is 0 Å². The summed E-state index contributed by atoms with van der Waals surface area (Å²) in [5.74, 6) is 1.36. The molecule has 0 aromatic heterocycles. The smallest absolute Gasteiger partial charge is 0.268 e. The minimum absolute atomic E-state index is 0.0607. The fraction of sp³-hybridized carbons (Fsp3) is 0.520. The highest BCUT2D eigenvalue weighted by Gasteiger charge is 2.31. The number of para-hydroxylation sites is 2. The lowest BCUT2D eigenvalue weighted by Gasteiger charge is -2.27. The van der Waals surface area contributed by atoms with Crippen LogP contribution in [0.4, 0.5) is 0 Å². The third-order valence-corrected chi connectivity index (χ3v) is 6.89. The molecule has 2 aromatic rings. The zero-order valence-corrected chi connectivity index (χ0v) is 18.8. The molecule has 1 aliphatic rings. The van der Waals surface area contributed by atoms with Crippen LogP contribution < -0.4 is 4.74 Å². The Labute approximate surface area is 181 Å². The van der Waals surface area contributed by atoms with Gasteiger partial charge in [-0.05, 0) is 18.6 Å². The molecule has 0 unspecified atom stereocenters. The molecule has 0 atom stereocenters. The summed E-state index contributed by atoms with van der Waals surface area (Å²) >= 11 is 0. The lowest BCUT2D eigenvalue weighted by Crippen LogP contribution is -2.19. The molecule has 2 aromatic carbocycles. The van der Waals surface area contributed by atoms with Crippen molar-refractivity contribution < 1.29 is 17.3 Å². The second-order valence-electron chi connectivity index (χ2n) is 8.10. The lowest BCUT2D eigenvalue weighted by molar-refractivity contribution is 0.234. The van der Waals surface area contributed by atoms with Gasteiger partial charge in [-0.25, -0.2) is 0 Å². The topological polar surface area (TPSA) is 52.6 Å². The molecule has 30 heavy (non-hydrogen) atoms. The molecule has 164 valence electrons. The van der Waals surface area contributed by atoms with Gasteiger partial charge < -0.3 is 4.74 Å². The van der Waals surface area contributed by atoms with Crippen LogP contribution in [-0.2, 0) is 14.3 Å². The molecule has 0 fully saturated rings. The van der Waals surface area contributed by atoms with Crippen LogP contribution in [0.3, 0.4) is 0 Å². The van der Waals surface area contributed by atoms with E-state index in [2.05, 4.69) is 6.92 Å². The third-order valence-electron chi connectivity index (χ3n) is 5.61. The van der Waals surface area contributed by atoms with E-state index in [1.54, 1.807) is 0 Å². The molecule has 0 N–H and O–H groups in total. The van der Waals surface area contributed by atoms with Crippen LogP contribution in [0.2, 0.25) is 0 Å². The van der Waals surface area contributed by atoms with Crippen molar-refractivity contribution >= 4 is 10.1 Å². The fourth-order valence-corrected chi connectivity index (χ4v) is 5.09. The van der Waals surface area contributed by atoms with Gasteiger partial charge in [-0.1, -0.05) is 101 Å². The van der Waals surface area contributed by atoms with Crippen molar-refractivity contribution in [3.05, 3.63) is 59.7 Å². The van der Waals surface area contributed by atoms with E-state index >= 15 is 0 Å². The monoisotopic (exact) mass is 430 g/mol. The molecule has 3 rings (SSSR count). The van der Waals surface area contributed by atoms with E-state index in [0.717, 1.165) is 24.0 Å². The van der Waals surface area contributed by atoms with Crippen molar-refractivity contribution in [1.82, 2.24) is 0 Å². The van der Waals surface area contributed by atoms with Gasteiger partial charge in [0.15, 0.2) is 0 Å². The largest absolute Gasteiger partial charge is 0.457 e. The second kappa shape index (κ2) is 11.5. The van der Waals surface area contributed by atoms with Gasteiger partial charge in [0, 0.05) is 11.1 Å². The first-order valence-electron chi connectivity index (χ1n) is 11.4. The van der Waals surface area contributed by atoms with E-state index in [4.69, 9.17) is 8.92 Å². The number of hydrogen-bond acceptors (Lipinski definition) is 4. The van der Waals surface area contributed by atoms with E-state index in [1.807, 2.05) is 48.5 Å². The first-order valence-corrected chi connectivity index (χ1v) is 12.9. The molecule has 0 amide bonds. The van der Waals surface area contributed by atoms with Gasteiger partial charge in [-0.2, -0.15) is 8.42 Å². The first kappa shape index (κ1) is 22.8. The van der Waals surface area contributed by atoms with E-state index in [1.165, 1.54) is 44.9 Å². The minimum Gasteiger partial charge on any atom is -0.457 e. The Morgan fingerprint density at radius 3 is 1.73 bits per heavy atom. The number of benzene rings is 2. The molecule has 5 heteroatoms. The molecule has 0 saturated carbocycles. The quantitative estimate of drug-likeness (QED) is 0.250. The average molecular weight is 431 g/mol. The van der Waals surface area contributed by atoms with Crippen LogP contribution in [0.1, 0.15) is 88.4 Å². The Hall–Kier alpha value is -1.85. The Kier molecular flexibility index (Phi) is 8.76. The average Bonchev–Trinajstić information content (AvgIpc) is 2.75. The molecule has 0 aliphatic carbocycles. The van der Waals surface area contributed by atoms with E-state index in [-0.39, 0.29) is 5.75 Å². The summed E-state index contributed by atoms with van der Waals surface area (Å²) in [5.41, 5.74) is 1.51. The van der Waals surface area contributed by atoms with Gasteiger partial charge >= 0.3 is 0 Å². The van der Waals surface area contributed by atoms with Crippen LogP contribution in [0.5, 0.6) is 11.5 Å². The summed E-state index contributed by atoms with van der Waals surface area (Å²) in [6.45, 7) is 2.23. The van der Waals surface area contributed by atoms with Crippen LogP contribution in [0.25, 0.3) is 0 Å². The number of hydrogen-bond donors (Lipinski definition) is 0. The molecule has 0 saturated heterocycles. The zero-order chi connectivity index (χ0) is 21.2. The van der Waals surface area contributed by atoms with Crippen molar-refractivity contribution in [2.75, 3.05) is 5.75 Å². The van der Waals surface area contributed by atoms with Gasteiger partial charge in [-0.3, -0.25) is 4.18 Å². The molecule has 0 bridgehead atoms. The van der Waals surface area contributed by atoms with Crippen LogP contribution in [0, 0.1) is 0 Å². The van der Waals surface area contributed by atoms with Crippen LogP contribution >= 0.6 is 0 Å². The summed E-state index contributed by atoms with van der Waals surface area (Å²) in [5, 5.41) is 0. The minimum atomic E-state index is -3.63. The summed E-state index contributed by atoms with van der Waals surface area (Å²) in [6.07, 6.45) is 11.0. The summed E-state index contributed by atoms with van der Waals surface area (Å²) in [7, 11) is -3.63. The lowest BCUT2D eigenvalue weighted by atomic mass is 9.97. The highest BCUT2D eigenvalue weighted by Crippen LogP contribution is 2.45. The maximum atomic E-state index is 12.7. The number of ether oxygens (including phenoxy) is 1. The SMILES string of the molecule is CCCCCCCCCCCCS(=O)(=O)OC1c2ccccc2Oc2ccccc21. The highest BCUT2D eigenvalue weighted by atomic mass is 32.2. The summed E-state index contributed by atoms with van der Waals surface area (Å²) in [4.78, 5) is 0. The predicted octanol–water partition coefficient (Wildman–Crippen LogP) is 7.15. The van der Waals surface area contributed by atoms with Crippen molar-refractivity contribution in [2.45, 2.75) is 77.2 Å². The maximum Gasteiger partial charge on any atom is 0.268 e. The third kappa shape index (κ3) is 6.58. The normalized spacial score (nSPS) is 13.5. The maximum absolute atomic E-state index is 12.7. The summed E-state index contributed by atoms with van der Waals surface area (Å²) in [6, 6.07) is 14.9. The van der Waals surface area contributed by atoms with Crippen molar-refractivity contribution in [3.8, 4) is 11.5 Å². The molecule has 1 aliphatic heterocycles. The predicted molar refractivity (Wildman–Crippen MR) is 122 cm³/mol. The molecular formula is C25H34O4S. The second-order valence-corrected chi connectivity index (χ2v) is 9.81. The Morgan fingerprint density at radius 2 is 1.20 bits per heavy atom. The van der Waals surface area contributed by atoms with Crippen molar-refractivity contribution in [1.29, 1.82) is 0 Å². The summed E-state index contributed by atoms with van der Waals surface area (Å²) < 4.78 is 37.0. The van der Waals surface area contributed by atoms with Gasteiger partial charge in [0.05, 0.1) is 5.75 Å². The molecule has 4 nitrogen and oxygen atoms in total. The molecule has 1 heterocycles. The zero-order valence-electron chi connectivity index (χ0n) is 18.0. The fourth-order valence-electron chi connectivity index (χ4n) is 3.93. The van der Waals surface area contributed by atoms with E-state index < -0.39 is 16.2 Å². The molecule has 0 spiro atoms. The Bertz CT molecular complexity index is 846. The van der Waals surface area contributed by atoms with E-state index in [9.17, 15) is 8.42 Å². The van der Waals surface area contributed by atoms with Gasteiger partial charge in [0.2, 0.25) is 0 Å². The van der Waals surface area contributed by atoms with Gasteiger partial charge in [0.25, 0.3) is 10.1 Å². The van der Waals surface area contributed by atoms with Gasteiger partial charge in [0.1, 0.15) is 17.6 Å². The molecular weight excluding hydrogens is 396 g/mol. The first-order chi connectivity index (χ1) is 14.6. The van der Waals surface area contributed by atoms with Crippen LogP contribution in [-0.4, -0.2) is 14.2 Å². The standard InChI is InChI=1S/C25H34O4S/c1-2-3-4-5-6-7-8-9-10-15-20-30(26,27)29-25-21-16-11-13-18-23(21)28-24-19-14-12-17-22(24)25/h11-14,16-19,25H,2-10,15,20H2,1H3. The van der Waals surface area contributed by atoms with Crippen molar-refractivity contribution in [2.24, 2.45) is 0 Å². The number of fused-ring (bicyclic) bond motifs is 2. The van der Waals surface area contributed by atoms with Gasteiger partial charge in [-0.15, -0.1) is 0 Å². The highest BCUT2D eigenvalue weighted by molar-refractivity contribution is 7.86. The van der Waals surface area contributed by atoms with E-state index in [0.29, 0.717) is 17.9 Å². The Morgan fingerprint density at radius 1 is 0.733 bits per heavy atom. The van der Waals surface area contributed by atoms with Crippen LogP contribution in [0.15, 0.2) is 48.5 Å².